The van der Waals surface area contributed by atoms with Crippen LogP contribution in [0.15, 0.2) is 18.2 Å². The van der Waals surface area contributed by atoms with Gasteiger partial charge in [-0.15, -0.1) is 11.8 Å². The molecule has 1 heterocycles. The Hall–Kier alpha value is -2.05. The van der Waals surface area contributed by atoms with Crippen molar-refractivity contribution in [3.05, 3.63) is 33.9 Å². The number of ether oxygens (including phenoxy) is 2. The summed E-state index contributed by atoms with van der Waals surface area (Å²) < 4.78 is 45.6. The van der Waals surface area contributed by atoms with Crippen molar-refractivity contribution in [3.8, 4) is 5.75 Å². The highest BCUT2D eigenvalue weighted by atomic mass is 32.2. The zero-order valence-corrected chi connectivity index (χ0v) is 18.0. The summed E-state index contributed by atoms with van der Waals surface area (Å²) in [6.45, 7) is 1.93. The first-order valence-electron chi connectivity index (χ1n) is 9.73. The minimum absolute atomic E-state index is 0.00109. The van der Waals surface area contributed by atoms with Gasteiger partial charge in [-0.05, 0) is 18.1 Å². The number of nitrogens with zero attached hydrogens (tertiary/aromatic N) is 3. The number of hydrogen-bond acceptors (Lipinski definition) is 7. The first-order chi connectivity index (χ1) is 14.7. The van der Waals surface area contributed by atoms with Crippen molar-refractivity contribution in [1.29, 1.82) is 0 Å². The van der Waals surface area contributed by atoms with E-state index in [1.807, 2.05) is 0 Å². The average molecular weight is 465 g/mol. The van der Waals surface area contributed by atoms with Crippen LogP contribution in [0.4, 0.5) is 18.9 Å². The monoisotopic (exact) mass is 465 g/mol. The van der Waals surface area contributed by atoms with Crippen LogP contribution < -0.4 is 4.74 Å². The summed E-state index contributed by atoms with van der Waals surface area (Å²) in [5.74, 6) is 0.931. The third kappa shape index (κ3) is 8.91. The van der Waals surface area contributed by atoms with Crippen LogP contribution in [-0.2, 0) is 15.3 Å². The van der Waals surface area contributed by atoms with Crippen LogP contribution in [0.1, 0.15) is 12.0 Å². The molecule has 0 atom stereocenters. The number of nitro groups is 1. The molecular formula is C19H26F3N3O5S. The Labute approximate surface area is 182 Å². The number of methoxy groups -OCH3 is 1. The van der Waals surface area contributed by atoms with Crippen LogP contribution in [0.3, 0.4) is 0 Å². The van der Waals surface area contributed by atoms with E-state index in [1.54, 1.807) is 17.0 Å². The first-order valence-corrected chi connectivity index (χ1v) is 10.9. The maximum absolute atomic E-state index is 12.4. The summed E-state index contributed by atoms with van der Waals surface area (Å²) in [6.07, 6.45) is -3.79. The average Bonchev–Trinajstić information content (AvgIpc) is 2.73. The van der Waals surface area contributed by atoms with Gasteiger partial charge in [0.1, 0.15) is 6.61 Å². The molecule has 0 unspecified atom stereocenters. The number of alkyl halides is 3. The zero-order valence-electron chi connectivity index (χ0n) is 17.2. The van der Waals surface area contributed by atoms with Crippen LogP contribution in [0.5, 0.6) is 5.75 Å². The molecule has 1 aliphatic rings. The Balaban J connectivity index is 1.65. The number of nitro benzene ring substituents is 1. The standard InChI is InChI=1S/C19H26F3N3O5S/c1-29-17-4-3-15(11-16(17)25(27)28)12-31-13-18(26)24-8-6-23(7-9-24)5-2-10-30-14-19(20,21)22/h3-4,11H,2,5-10,12-14H2,1H3. The second kappa shape index (κ2) is 12.1. The normalized spacial score (nSPS) is 15.2. The molecule has 12 heteroatoms. The topological polar surface area (TPSA) is 85.2 Å². The molecule has 1 amide bonds. The predicted molar refractivity (Wildman–Crippen MR) is 110 cm³/mol. The largest absolute Gasteiger partial charge is 0.490 e. The number of carbonyl (C=O) groups excluding carboxylic acids is 1. The summed E-state index contributed by atoms with van der Waals surface area (Å²) in [6, 6.07) is 4.73. The summed E-state index contributed by atoms with van der Waals surface area (Å²) >= 11 is 1.39. The summed E-state index contributed by atoms with van der Waals surface area (Å²) in [5.41, 5.74) is 0.634. The zero-order chi connectivity index (χ0) is 22.9. The van der Waals surface area contributed by atoms with Crippen LogP contribution >= 0.6 is 11.8 Å². The van der Waals surface area contributed by atoms with Gasteiger partial charge in [0.2, 0.25) is 5.91 Å². The highest BCUT2D eigenvalue weighted by Crippen LogP contribution is 2.29. The van der Waals surface area contributed by atoms with Gasteiger partial charge in [-0.2, -0.15) is 13.2 Å². The lowest BCUT2D eigenvalue weighted by Crippen LogP contribution is -2.49. The molecule has 2 rings (SSSR count). The molecule has 1 aromatic rings. The lowest BCUT2D eigenvalue weighted by atomic mass is 10.2. The van der Waals surface area contributed by atoms with E-state index in [0.29, 0.717) is 44.9 Å². The van der Waals surface area contributed by atoms with Gasteiger partial charge in [0.05, 0.1) is 17.8 Å². The van der Waals surface area contributed by atoms with E-state index < -0.39 is 17.7 Å². The minimum atomic E-state index is -4.30. The van der Waals surface area contributed by atoms with Gasteiger partial charge in [-0.25, -0.2) is 0 Å². The second-order valence-electron chi connectivity index (χ2n) is 7.00. The van der Waals surface area contributed by atoms with E-state index >= 15 is 0 Å². The fourth-order valence-corrected chi connectivity index (χ4v) is 3.99. The number of carbonyl (C=O) groups is 1. The van der Waals surface area contributed by atoms with E-state index in [1.165, 1.54) is 24.9 Å². The maximum atomic E-state index is 12.4. The van der Waals surface area contributed by atoms with Gasteiger partial charge < -0.3 is 14.4 Å². The molecule has 8 nitrogen and oxygen atoms in total. The van der Waals surface area contributed by atoms with Gasteiger partial charge in [0.15, 0.2) is 5.75 Å². The third-order valence-corrected chi connectivity index (χ3v) is 5.68. The smallest absolute Gasteiger partial charge is 0.411 e. The van der Waals surface area contributed by atoms with Gasteiger partial charge in [0.25, 0.3) is 0 Å². The molecule has 174 valence electrons. The van der Waals surface area contributed by atoms with E-state index in [2.05, 4.69) is 9.64 Å². The fourth-order valence-electron chi connectivity index (χ4n) is 3.11. The molecule has 1 aliphatic heterocycles. The fraction of sp³-hybridized carbons (Fsp3) is 0.632. The van der Waals surface area contributed by atoms with E-state index in [-0.39, 0.29) is 29.7 Å². The SMILES string of the molecule is COc1ccc(CSCC(=O)N2CCN(CCCOCC(F)(F)F)CC2)cc1[N+](=O)[O-]. The van der Waals surface area contributed by atoms with E-state index in [0.717, 1.165) is 5.56 Å². The summed E-state index contributed by atoms with van der Waals surface area (Å²) in [7, 11) is 1.37. The van der Waals surface area contributed by atoms with Crippen molar-refractivity contribution in [2.45, 2.75) is 18.3 Å². The molecule has 0 aliphatic carbocycles. The number of rotatable bonds is 11. The molecule has 1 fully saturated rings. The Morgan fingerprint density at radius 2 is 1.97 bits per heavy atom. The van der Waals surface area contributed by atoms with Crippen LogP contribution in [-0.4, -0.2) is 85.6 Å². The number of amides is 1. The summed E-state index contributed by atoms with van der Waals surface area (Å²) in [5, 5.41) is 11.1. The lowest BCUT2D eigenvalue weighted by molar-refractivity contribution is -0.385. The van der Waals surface area contributed by atoms with Gasteiger partial charge >= 0.3 is 11.9 Å². The highest BCUT2D eigenvalue weighted by molar-refractivity contribution is 7.99. The number of benzene rings is 1. The Morgan fingerprint density at radius 3 is 2.58 bits per heavy atom. The molecule has 0 N–H and O–H groups in total. The lowest BCUT2D eigenvalue weighted by Gasteiger charge is -2.34. The van der Waals surface area contributed by atoms with Crippen LogP contribution in [0.2, 0.25) is 0 Å². The molecular weight excluding hydrogens is 439 g/mol. The Bertz CT molecular complexity index is 743. The van der Waals surface area contributed by atoms with Crippen molar-refractivity contribution in [2.75, 3.05) is 58.8 Å². The summed E-state index contributed by atoms with van der Waals surface area (Å²) in [4.78, 5) is 26.8. The minimum Gasteiger partial charge on any atom is -0.490 e. The van der Waals surface area contributed by atoms with Gasteiger partial charge in [-0.3, -0.25) is 19.8 Å². The Kier molecular flexibility index (Phi) is 9.85. The van der Waals surface area contributed by atoms with Gasteiger partial charge in [-0.1, -0.05) is 6.07 Å². The molecule has 0 aromatic heterocycles. The molecule has 0 radical (unpaired) electrons. The number of piperazine rings is 1. The predicted octanol–water partition coefficient (Wildman–Crippen LogP) is 2.95. The highest BCUT2D eigenvalue weighted by Gasteiger charge is 2.27. The van der Waals surface area contributed by atoms with Crippen LogP contribution in [0, 0.1) is 10.1 Å². The molecule has 1 saturated heterocycles. The van der Waals surface area contributed by atoms with E-state index in [4.69, 9.17) is 4.74 Å². The number of thioether (sulfide) groups is 1. The van der Waals surface area contributed by atoms with E-state index in [9.17, 15) is 28.1 Å². The second-order valence-corrected chi connectivity index (χ2v) is 7.99. The van der Waals surface area contributed by atoms with Gasteiger partial charge in [0, 0.05) is 51.1 Å². The molecule has 0 spiro atoms. The third-order valence-electron chi connectivity index (χ3n) is 4.69. The molecule has 0 saturated carbocycles. The maximum Gasteiger partial charge on any atom is 0.411 e. The van der Waals surface area contributed by atoms with Crippen LogP contribution in [0.25, 0.3) is 0 Å². The van der Waals surface area contributed by atoms with Crippen molar-refractivity contribution < 1.29 is 32.4 Å². The Morgan fingerprint density at radius 1 is 1.26 bits per heavy atom. The van der Waals surface area contributed by atoms with Crippen molar-refractivity contribution in [2.24, 2.45) is 0 Å². The number of hydrogen-bond donors (Lipinski definition) is 0. The molecule has 31 heavy (non-hydrogen) atoms. The first kappa shape index (κ1) is 25.2. The van der Waals surface area contributed by atoms with Crippen molar-refractivity contribution >= 4 is 23.4 Å². The molecule has 0 bridgehead atoms. The van der Waals surface area contributed by atoms with Crippen molar-refractivity contribution in [3.63, 3.8) is 0 Å². The number of halogens is 3. The van der Waals surface area contributed by atoms with Crippen molar-refractivity contribution in [1.82, 2.24) is 9.80 Å². The quantitative estimate of drug-likeness (QED) is 0.282. The molecule has 1 aromatic carbocycles.